The third kappa shape index (κ3) is 4.55. The average molecular weight is 440 g/mol. The molecule has 6 nitrogen and oxygen atoms in total. The van der Waals surface area contributed by atoms with E-state index in [1.807, 2.05) is 74.5 Å². The number of nitrogens with one attached hydrogen (secondary N) is 1. The fourth-order valence-electron chi connectivity index (χ4n) is 4.04. The lowest BCUT2D eigenvalue weighted by Crippen LogP contribution is -2.28. The van der Waals surface area contributed by atoms with Gasteiger partial charge in [0.2, 0.25) is 0 Å². The average Bonchev–Trinajstić information content (AvgIpc) is 2.79. The van der Waals surface area contributed by atoms with E-state index in [1.165, 1.54) is 11.6 Å². The molecule has 0 unspecified atom stereocenters. The van der Waals surface area contributed by atoms with E-state index in [2.05, 4.69) is 5.32 Å². The number of ether oxygens (including phenoxy) is 1. The Morgan fingerprint density at radius 3 is 2.15 bits per heavy atom. The van der Waals surface area contributed by atoms with Crippen LogP contribution in [0.15, 0.2) is 77.6 Å². The van der Waals surface area contributed by atoms with Gasteiger partial charge in [0.1, 0.15) is 5.69 Å². The zero-order valence-electron chi connectivity index (χ0n) is 18.7. The number of carbonyl (C=O) groups is 2. The zero-order valence-corrected chi connectivity index (χ0v) is 18.7. The van der Waals surface area contributed by atoms with Crippen LogP contribution >= 0.6 is 0 Å². The first-order valence-electron chi connectivity index (χ1n) is 10.6. The van der Waals surface area contributed by atoms with Crippen LogP contribution in [0.3, 0.4) is 0 Å². The Hall–Kier alpha value is -4.19. The Labute approximate surface area is 191 Å². The maximum Gasteiger partial charge on any atom is 0.356 e. The molecule has 1 heterocycles. The van der Waals surface area contributed by atoms with Gasteiger partial charge < -0.3 is 14.6 Å². The van der Waals surface area contributed by atoms with Gasteiger partial charge in [0.25, 0.3) is 11.5 Å². The first-order valence-corrected chi connectivity index (χ1v) is 10.6. The fraction of sp³-hybridized carbons (Fsp3) is 0.148. The van der Waals surface area contributed by atoms with Crippen molar-refractivity contribution in [3.63, 3.8) is 0 Å². The van der Waals surface area contributed by atoms with Crippen molar-refractivity contribution < 1.29 is 14.3 Å². The minimum atomic E-state index is -0.741. The number of benzene rings is 3. The molecule has 0 saturated heterocycles. The summed E-state index contributed by atoms with van der Waals surface area (Å²) in [7, 11) is 1.54. The lowest BCUT2D eigenvalue weighted by molar-refractivity contribution is -0.119. The van der Waals surface area contributed by atoms with Gasteiger partial charge in [-0.15, -0.1) is 0 Å². The number of esters is 1. The number of pyridine rings is 1. The van der Waals surface area contributed by atoms with E-state index in [0.29, 0.717) is 22.0 Å². The Kier molecular flexibility index (Phi) is 6.09. The summed E-state index contributed by atoms with van der Waals surface area (Å²) in [5.41, 5.74) is 3.82. The molecule has 1 N–H and O–H groups in total. The Bertz CT molecular complexity index is 1400. The van der Waals surface area contributed by atoms with Crippen LogP contribution in [0.5, 0.6) is 0 Å². The number of amides is 1. The standard InChI is InChI=1S/C27H24N2O4/c1-17-13-18(2)15-20(14-17)28-23(30)16-33-27(32)25-24(19-9-5-4-6-10-19)21-11-7-8-12-22(21)26(31)29(25)3/h4-15H,16H2,1-3H3,(H,28,30). The van der Waals surface area contributed by atoms with Crippen LogP contribution in [0.25, 0.3) is 21.9 Å². The number of aryl methyl sites for hydroxylation is 2. The summed E-state index contributed by atoms with van der Waals surface area (Å²) >= 11 is 0. The number of nitrogens with zero attached hydrogens (tertiary/aromatic N) is 1. The first-order chi connectivity index (χ1) is 15.8. The molecule has 1 amide bonds. The molecule has 3 aromatic carbocycles. The van der Waals surface area contributed by atoms with Crippen LogP contribution in [0.1, 0.15) is 21.6 Å². The largest absolute Gasteiger partial charge is 0.451 e. The van der Waals surface area contributed by atoms with Crippen molar-refractivity contribution in [2.75, 3.05) is 11.9 Å². The smallest absolute Gasteiger partial charge is 0.356 e. The summed E-state index contributed by atoms with van der Waals surface area (Å²) in [4.78, 5) is 38.5. The fourth-order valence-corrected chi connectivity index (χ4v) is 4.04. The van der Waals surface area contributed by atoms with Crippen molar-refractivity contribution in [3.05, 3.63) is 100.0 Å². The molecule has 4 rings (SSSR count). The number of hydrogen-bond donors (Lipinski definition) is 1. The molecule has 0 aliphatic heterocycles. The van der Waals surface area contributed by atoms with E-state index in [9.17, 15) is 14.4 Å². The van der Waals surface area contributed by atoms with Gasteiger partial charge in [0.05, 0.1) is 0 Å². The molecule has 0 radical (unpaired) electrons. The van der Waals surface area contributed by atoms with Crippen molar-refractivity contribution >= 4 is 28.3 Å². The van der Waals surface area contributed by atoms with Crippen molar-refractivity contribution in [3.8, 4) is 11.1 Å². The molecule has 0 aliphatic carbocycles. The number of aromatic nitrogens is 1. The van der Waals surface area contributed by atoms with Crippen molar-refractivity contribution in [1.29, 1.82) is 0 Å². The van der Waals surface area contributed by atoms with E-state index >= 15 is 0 Å². The van der Waals surface area contributed by atoms with Gasteiger partial charge in [-0.1, -0.05) is 54.6 Å². The third-order valence-electron chi connectivity index (χ3n) is 5.40. The predicted molar refractivity (Wildman–Crippen MR) is 129 cm³/mol. The molecule has 6 heteroatoms. The number of fused-ring (bicyclic) bond motifs is 1. The van der Waals surface area contributed by atoms with Crippen LogP contribution in [0, 0.1) is 13.8 Å². The molecule has 0 spiro atoms. The highest BCUT2D eigenvalue weighted by atomic mass is 16.5. The van der Waals surface area contributed by atoms with E-state index in [0.717, 1.165) is 16.7 Å². The highest BCUT2D eigenvalue weighted by Crippen LogP contribution is 2.30. The lowest BCUT2D eigenvalue weighted by Gasteiger charge is -2.16. The minimum Gasteiger partial charge on any atom is -0.451 e. The van der Waals surface area contributed by atoms with E-state index < -0.39 is 18.5 Å². The summed E-state index contributed by atoms with van der Waals surface area (Å²) < 4.78 is 6.65. The summed E-state index contributed by atoms with van der Waals surface area (Å²) in [5.74, 6) is -1.20. The molecule has 166 valence electrons. The van der Waals surface area contributed by atoms with Crippen LogP contribution in [0.2, 0.25) is 0 Å². The summed E-state index contributed by atoms with van der Waals surface area (Å²) in [6.07, 6.45) is 0. The summed E-state index contributed by atoms with van der Waals surface area (Å²) in [5, 5.41) is 3.90. The predicted octanol–water partition coefficient (Wildman–Crippen LogP) is 4.62. The van der Waals surface area contributed by atoms with Crippen molar-refractivity contribution in [2.24, 2.45) is 7.05 Å². The van der Waals surface area contributed by atoms with E-state index in [-0.39, 0.29) is 11.3 Å². The lowest BCUT2D eigenvalue weighted by atomic mass is 9.97. The number of anilines is 1. The van der Waals surface area contributed by atoms with E-state index in [1.54, 1.807) is 12.1 Å². The van der Waals surface area contributed by atoms with Gasteiger partial charge in [-0.2, -0.15) is 0 Å². The van der Waals surface area contributed by atoms with Gasteiger partial charge in [0.15, 0.2) is 6.61 Å². The monoisotopic (exact) mass is 440 g/mol. The molecule has 0 saturated carbocycles. The molecule has 4 aromatic rings. The topological polar surface area (TPSA) is 77.4 Å². The number of hydrogen-bond acceptors (Lipinski definition) is 4. The molecule has 0 atom stereocenters. The second-order valence-electron chi connectivity index (χ2n) is 8.00. The highest BCUT2D eigenvalue weighted by Gasteiger charge is 2.23. The zero-order chi connectivity index (χ0) is 23.5. The molecular weight excluding hydrogens is 416 g/mol. The number of carbonyl (C=O) groups excluding carboxylic acids is 2. The molecule has 0 bridgehead atoms. The Morgan fingerprint density at radius 1 is 0.879 bits per heavy atom. The summed E-state index contributed by atoms with van der Waals surface area (Å²) in [6, 6.07) is 22.2. The molecule has 33 heavy (non-hydrogen) atoms. The van der Waals surface area contributed by atoms with Gasteiger partial charge in [0, 0.05) is 23.7 Å². The first kappa shape index (κ1) is 22.0. The number of rotatable bonds is 5. The third-order valence-corrected chi connectivity index (χ3v) is 5.40. The van der Waals surface area contributed by atoms with Crippen LogP contribution < -0.4 is 10.9 Å². The SMILES string of the molecule is Cc1cc(C)cc(NC(=O)COC(=O)c2c(-c3ccccc3)c3ccccc3c(=O)n2C)c1. The highest BCUT2D eigenvalue weighted by molar-refractivity contribution is 6.07. The van der Waals surface area contributed by atoms with Crippen LogP contribution in [0.4, 0.5) is 5.69 Å². The maximum absolute atomic E-state index is 13.2. The quantitative estimate of drug-likeness (QED) is 0.460. The Balaban J connectivity index is 1.67. The normalized spacial score (nSPS) is 10.8. The second-order valence-corrected chi connectivity index (χ2v) is 8.00. The summed E-state index contributed by atoms with van der Waals surface area (Å²) in [6.45, 7) is 3.41. The molecule has 1 aromatic heterocycles. The molecule has 0 fully saturated rings. The maximum atomic E-state index is 13.2. The Morgan fingerprint density at radius 2 is 1.48 bits per heavy atom. The van der Waals surface area contributed by atoms with Crippen LogP contribution in [-0.2, 0) is 16.6 Å². The van der Waals surface area contributed by atoms with Gasteiger partial charge in [-0.05, 0) is 54.1 Å². The molecular formula is C27H24N2O4. The van der Waals surface area contributed by atoms with Crippen molar-refractivity contribution in [1.82, 2.24) is 4.57 Å². The van der Waals surface area contributed by atoms with Gasteiger partial charge >= 0.3 is 5.97 Å². The van der Waals surface area contributed by atoms with Crippen LogP contribution in [-0.4, -0.2) is 23.1 Å². The van der Waals surface area contributed by atoms with Gasteiger partial charge in [-0.3, -0.25) is 9.59 Å². The molecule has 0 aliphatic rings. The van der Waals surface area contributed by atoms with Gasteiger partial charge in [-0.25, -0.2) is 4.79 Å². The van der Waals surface area contributed by atoms with E-state index in [4.69, 9.17) is 4.74 Å². The van der Waals surface area contributed by atoms with Crippen molar-refractivity contribution in [2.45, 2.75) is 13.8 Å². The minimum absolute atomic E-state index is 0.101. The second kappa shape index (κ2) is 9.12.